The third-order valence-electron chi connectivity index (χ3n) is 3.12. The zero-order valence-electron chi connectivity index (χ0n) is 10.0. The Morgan fingerprint density at radius 1 is 1.53 bits per heavy atom. The molecule has 0 aromatic rings. The van der Waals surface area contributed by atoms with Crippen molar-refractivity contribution in [3.8, 4) is 0 Å². The molecule has 88 valence electrons. The summed E-state index contributed by atoms with van der Waals surface area (Å²) in [5.74, 6) is -0.301. The van der Waals surface area contributed by atoms with Gasteiger partial charge in [-0.15, -0.1) is 0 Å². The highest BCUT2D eigenvalue weighted by atomic mass is 16.5. The van der Waals surface area contributed by atoms with Crippen LogP contribution in [0.4, 0.5) is 0 Å². The maximum Gasteiger partial charge on any atom is 0.309 e. The summed E-state index contributed by atoms with van der Waals surface area (Å²) in [6, 6.07) is 0.101. The molecule has 4 heteroatoms. The Morgan fingerprint density at radius 3 is 2.67 bits per heavy atom. The Morgan fingerprint density at radius 2 is 2.20 bits per heavy atom. The fourth-order valence-corrected chi connectivity index (χ4v) is 1.85. The highest BCUT2D eigenvalue weighted by molar-refractivity contribution is 5.72. The molecule has 0 radical (unpaired) electrons. The first-order valence-corrected chi connectivity index (χ1v) is 5.42. The van der Waals surface area contributed by atoms with Gasteiger partial charge in [-0.25, -0.2) is 0 Å². The van der Waals surface area contributed by atoms with Crippen LogP contribution in [0, 0.1) is 5.92 Å². The third-order valence-corrected chi connectivity index (χ3v) is 3.12. The molecule has 0 amide bonds. The van der Waals surface area contributed by atoms with Gasteiger partial charge in [0.2, 0.25) is 0 Å². The van der Waals surface area contributed by atoms with Gasteiger partial charge in [0.05, 0.1) is 19.6 Å². The quantitative estimate of drug-likeness (QED) is 0.709. The van der Waals surface area contributed by atoms with Crippen LogP contribution in [-0.2, 0) is 14.3 Å². The van der Waals surface area contributed by atoms with Gasteiger partial charge in [-0.2, -0.15) is 0 Å². The molecule has 1 saturated heterocycles. The number of hydrogen-bond donors (Lipinski definition) is 1. The molecule has 0 saturated carbocycles. The largest absolute Gasteiger partial charge is 0.469 e. The second kappa shape index (κ2) is 4.94. The molecule has 0 bridgehead atoms. The van der Waals surface area contributed by atoms with Crippen molar-refractivity contribution in [2.75, 3.05) is 20.3 Å². The molecule has 1 heterocycles. The Labute approximate surface area is 91.3 Å². The molecule has 1 fully saturated rings. The minimum atomic E-state index is -0.169. The number of nitrogens with one attached hydrogen (secondary N) is 1. The van der Waals surface area contributed by atoms with Crippen molar-refractivity contribution >= 4 is 5.97 Å². The molecule has 0 aromatic carbocycles. The van der Waals surface area contributed by atoms with Gasteiger partial charge in [-0.1, -0.05) is 6.92 Å². The molecular formula is C11H21NO3. The van der Waals surface area contributed by atoms with E-state index < -0.39 is 0 Å². The number of carbonyl (C=O) groups excluding carboxylic acids is 1. The van der Waals surface area contributed by atoms with E-state index >= 15 is 0 Å². The molecule has 0 spiro atoms. The highest BCUT2D eigenvalue weighted by Gasteiger charge is 2.33. The fraction of sp³-hybridized carbons (Fsp3) is 0.909. The topological polar surface area (TPSA) is 47.6 Å². The molecule has 4 nitrogen and oxygen atoms in total. The molecule has 1 aliphatic rings. The van der Waals surface area contributed by atoms with E-state index in [1.807, 2.05) is 13.8 Å². The second-order valence-electron chi connectivity index (χ2n) is 4.61. The van der Waals surface area contributed by atoms with Crippen LogP contribution in [0.5, 0.6) is 0 Å². The number of esters is 1. The second-order valence-corrected chi connectivity index (χ2v) is 4.61. The van der Waals surface area contributed by atoms with Gasteiger partial charge in [-0.05, 0) is 20.3 Å². The third kappa shape index (κ3) is 3.18. The van der Waals surface area contributed by atoms with Crippen LogP contribution in [-0.4, -0.2) is 37.9 Å². The van der Waals surface area contributed by atoms with Crippen molar-refractivity contribution < 1.29 is 14.3 Å². The van der Waals surface area contributed by atoms with Crippen molar-refractivity contribution in [3.63, 3.8) is 0 Å². The van der Waals surface area contributed by atoms with E-state index in [1.54, 1.807) is 0 Å². The lowest BCUT2D eigenvalue weighted by Gasteiger charge is -2.30. The summed E-state index contributed by atoms with van der Waals surface area (Å²) < 4.78 is 10.1. The summed E-state index contributed by atoms with van der Waals surface area (Å²) in [6.07, 6.45) is 0.991. The molecule has 1 N–H and O–H groups in total. The first kappa shape index (κ1) is 12.5. The van der Waals surface area contributed by atoms with E-state index in [0.717, 1.165) is 13.0 Å². The Hall–Kier alpha value is -0.610. The standard InChI is InChI=1S/C11H21NO3/c1-8(10(13)14-4)9(2)12-11(3)5-6-15-7-11/h8-9,12H,5-7H2,1-4H3. The van der Waals surface area contributed by atoms with Crippen molar-refractivity contribution in [2.24, 2.45) is 5.92 Å². The average Bonchev–Trinajstić information content (AvgIpc) is 2.62. The lowest BCUT2D eigenvalue weighted by molar-refractivity contribution is -0.145. The van der Waals surface area contributed by atoms with E-state index in [9.17, 15) is 4.79 Å². The van der Waals surface area contributed by atoms with Gasteiger partial charge in [0.1, 0.15) is 0 Å². The number of carbonyl (C=O) groups is 1. The Kier molecular flexibility index (Phi) is 4.11. The molecule has 3 atom stereocenters. The first-order valence-electron chi connectivity index (χ1n) is 5.42. The lowest BCUT2D eigenvalue weighted by Crippen LogP contribution is -2.51. The zero-order chi connectivity index (χ0) is 11.5. The van der Waals surface area contributed by atoms with E-state index in [2.05, 4.69) is 12.2 Å². The predicted molar refractivity (Wildman–Crippen MR) is 57.6 cm³/mol. The number of hydrogen-bond acceptors (Lipinski definition) is 4. The minimum Gasteiger partial charge on any atom is -0.469 e. The molecule has 0 aromatic heterocycles. The van der Waals surface area contributed by atoms with Crippen LogP contribution in [0.2, 0.25) is 0 Å². The monoisotopic (exact) mass is 215 g/mol. The average molecular weight is 215 g/mol. The molecule has 0 aliphatic carbocycles. The van der Waals surface area contributed by atoms with Crippen molar-refractivity contribution in [1.82, 2.24) is 5.32 Å². The zero-order valence-corrected chi connectivity index (χ0v) is 10.0. The summed E-state index contributed by atoms with van der Waals surface area (Å²) in [7, 11) is 1.42. The van der Waals surface area contributed by atoms with Gasteiger partial charge < -0.3 is 14.8 Å². The number of rotatable bonds is 4. The highest BCUT2D eigenvalue weighted by Crippen LogP contribution is 2.20. The summed E-state index contributed by atoms with van der Waals surface area (Å²) in [4.78, 5) is 11.3. The summed E-state index contributed by atoms with van der Waals surface area (Å²) in [5, 5.41) is 3.44. The fourth-order valence-electron chi connectivity index (χ4n) is 1.85. The van der Waals surface area contributed by atoms with E-state index in [1.165, 1.54) is 7.11 Å². The van der Waals surface area contributed by atoms with E-state index in [4.69, 9.17) is 9.47 Å². The van der Waals surface area contributed by atoms with Gasteiger partial charge >= 0.3 is 5.97 Å². The van der Waals surface area contributed by atoms with Gasteiger partial charge in [0.25, 0.3) is 0 Å². The summed E-state index contributed by atoms with van der Waals surface area (Å²) >= 11 is 0. The predicted octanol–water partition coefficient (Wildman–Crippen LogP) is 0.953. The SMILES string of the molecule is COC(=O)C(C)C(C)NC1(C)CCOC1. The van der Waals surface area contributed by atoms with Crippen LogP contribution in [0.1, 0.15) is 27.2 Å². The lowest BCUT2D eigenvalue weighted by atomic mass is 9.96. The maximum absolute atomic E-state index is 11.3. The van der Waals surface area contributed by atoms with Crippen LogP contribution in [0.25, 0.3) is 0 Å². The number of ether oxygens (including phenoxy) is 2. The smallest absolute Gasteiger partial charge is 0.309 e. The van der Waals surface area contributed by atoms with Crippen molar-refractivity contribution in [2.45, 2.75) is 38.8 Å². The van der Waals surface area contributed by atoms with Crippen LogP contribution >= 0.6 is 0 Å². The normalized spacial score (nSPS) is 29.9. The molecule has 3 unspecified atom stereocenters. The minimum absolute atomic E-state index is 0.00168. The van der Waals surface area contributed by atoms with Crippen LogP contribution < -0.4 is 5.32 Å². The molecule has 15 heavy (non-hydrogen) atoms. The Bertz CT molecular complexity index is 224. The van der Waals surface area contributed by atoms with Gasteiger partial charge in [0.15, 0.2) is 0 Å². The Balaban J connectivity index is 2.47. The van der Waals surface area contributed by atoms with Crippen LogP contribution in [0.3, 0.4) is 0 Å². The van der Waals surface area contributed by atoms with E-state index in [-0.39, 0.29) is 23.5 Å². The van der Waals surface area contributed by atoms with Gasteiger partial charge in [0, 0.05) is 18.2 Å². The van der Waals surface area contributed by atoms with Crippen molar-refractivity contribution in [1.29, 1.82) is 0 Å². The molecular weight excluding hydrogens is 194 g/mol. The molecule has 1 aliphatic heterocycles. The van der Waals surface area contributed by atoms with Crippen LogP contribution in [0.15, 0.2) is 0 Å². The maximum atomic E-state index is 11.3. The van der Waals surface area contributed by atoms with Gasteiger partial charge in [-0.3, -0.25) is 4.79 Å². The first-order chi connectivity index (χ1) is 6.98. The summed E-state index contributed by atoms with van der Waals surface area (Å²) in [5.41, 5.74) is 0.00168. The molecule has 1 rings (SSSR count). The van der Waals surface area contributed by atoms with E-state index in [0.29, 0.717) is 6.61 Å². The van der Waals surface area contributed by atoms with Crippen molar-refractivity contribution in [3.05, 3.63) is 0 Å². The number of methoxy groups -OCH3 is 1. The summed E-state index contributed by atoms with van der Waals surface area (Å²) in [6.45, 7) is 7.52.